The molecule has 25 heavy (non-hydrogen) atoms. The molecule has 1 aromatic heterocycles. The first-order valence-corrected chi connectivity index (χ1v) is 8.06. The zero-order chi connectivity index (χ0) is 17.8. The summed E-state index contributed by atoms with van der Waals surface area (Å²) in [5.74, 6) is -3.27. The van der Waals surface area contributed by atoms with E-state index < -0.39 is 29.6 Å². The fourth-order valence-electron chi connectivity index (χ4n) is 3.74. The molecule has 4 atom stereocenters. The van der Waals surface area contributed by atoms with E-state index in [1.807, 2.05) is 28.8 Å². The summed E-state index contributed by atoms with van der Waals surface area (Å²) < 4.78 is 12.1. The maximum Gasteiger partial charge on any atom is 0.344 e. The second kappa shape index (κ2) is 5.40. The first-order valence-electron chi connectivity index (χ1n) is 8.06. The first-order chi connectivity index (χ1) is 11.9. The van der Waals surface area contributed by atoms with E-state index in [4.69, 9.17) is 9.47 Å². The SMILES string of the molecule is C=CCn1cc(C[C@@]2(O)C(=O)OC3[C@@H](O)CO[C@@]32O)c2ccccc21. The molecule has 4 rings (SSSR count). The van der Waals surface area contributed by atoms with Crippen LogP contribution in [0.4, 0.5) is 0 Å². The maximum absolute atomic E-state index is 12.3. The monoisotopic (exact) mass is 345 g/mol. The number of benzene rings is 1. The van der Waals surface area contributed by atoms with Crippen LogP contribution < -0.4 is 0 Å². The third-order valence-corrected chi connectivity index (χ3v) is 5.02. The van der Waals surface area contributed by atoms with E-state index in [1.54, 1.807) is 12.3 Å². The predicted octanol–water partition coefficient (Wildman–Crippen LogP) is 0.106. The molecule has 7 nitrogen and oxygen atoms in total. The van der Waals surface area contributed by atoms with Crippen molar-refractivity contribution < 1.29 is 29.6 Å². The number of aliphatic hydroxyl groups excluding tert-OH is 1. The fourth-order valence-corrected chi connectivity index (χ4v) is 3.74. The van der Waals surface area contributed by atoms with Crippen molar-refractivity contribution in [2.75, 3.05) is 6.61 Å². The number of hydrogen-bond donors (Lipinski definition) is 3. The zero-order valence-corrected chi connectivity index (χ0v) is 13.5. The van der Waals surface area contributed by atoms with Gasteiger partial charge in [0.25, 0.3) is 0 Å². The molecule has 0 aliphatic carbocycles. The van der Waals surface area contributed by atoms with Gasteiger partial charge in [-0.2, -0.15) is 0 Å². The van der Waals surface area contributed by atoms with Gasteiger partial charge in [0.15, 0.2) is 6.10 Å². The number of para-hydroxylation sites is 1. The van der Waals surface area contributed by atoms with Crippen molar-refractivity contribution in [2.45, 2.75) is 36.6 Å². The lowest BCUT2D eigenvalue weighted by Gasteiger charge is -2.31. The summed E-state index contributed by atoms with van der Waals surface area (Å²) in [7, 11) is 0. The molecule has 0 amide bonds. The van der Waals surface area contributed by atoms with E-state index in [0.29, 0.717) is 12.1 Å². The Balaban J connectivity index is 1.78. The maximum atomic E-state index is 12.3. The number of ether oxygens (including phenoxy) is 2. The summed E-state index contributed by atoms with van der Waals surface area (Å²) in [5, 5.41) is 32.4. The minimum Gasteiger partial charge on any atom is -0.451 e. The van der Waals surface area contributed by atoms with Gasteiger partial charge in [0.1, 0.15) is 6.10 Å². The van der Waals surface area contributed by atoms with Crippen molar-refractivity contribution in [3.05, 3.63) is 48.7 Å². The summed E-state index contributed by atoms with van der Waals surface area (Å²) >= 11 is 0. The summed E-state index contributed by atoms with van der Waals surface area (Å²) in [6.07, 6.45) is 0.876. The van der Waals surface area contributed by atoms with E-state index in [-0.39, 0.29) is 13.0 Å². The number of hydrogen-bond acceptors (Lipinski definition) is 6. The average Bonchev–Trinajstić information content (AvgIpc) is 3.15. The van der Waals surface area contributed by atoms with Gasteiger partial charge in [-0.05, 0) is 11.6 Å². The van der Waals surface area contributed by atoms with E-state index in [2.05, 4.69) is 6.58 Å². The molecule has 2 saturated heterocycles. The van der Waals surface area contributed by atoms with E-state index in [0.717, 1.165) is 10.9 Å². The van der Waals surface area contributed by atoms with Crippen LogP contribution in [-0.2, 0) is 27.2 Å². The van der Waals surface area contributed by atoms with Crippen LogP contribution in [0.15, 0.2) is 43.1 Å². The Hall–Kier alpha value is -2.19. The minimum atomic E-state index is -2.29. The largest absolute Gasteiger partial charge is 0.451 e. The van der Waals surface area contributed by atoms with Crippen LogP contribution in [0, 0.1) is 0 Å². The Bertz CT molecular complexity index is 860. The Labute approximate surface area is 143 Å². The highest BCUT2D eigenvalue weighted by molar-refractivity contribution is 5.88. The van der Waals surface area contributed by atoms with Crippen molar-refractivity contribution in [1.82, 2.24) is 4.57 Å². The number of rotatable bonds is 4. The number of carbonyl (C=O) groups excluding carboxylic acids is 1. The molecule has 3 N–H and O–H groups in total. The van der Waals surface area contributed by atoms with Crippen LogP contribution in [0.1, 0.15) is 5.56 Å². The first kappa shape index (κ1) is 16.3. The molecule has 1 aromatic carbocycles. The topological polar surface area (TPSA) is 101 Å². The van der Waals surface area contributed by atoms with Gasteiger partial charge in [-0.3, -0.25) is 0 Å². The predicted molar refractivity (Wildman–Crippen MR) is 87.6 cm³/mol. The molecule has 3 heterocycles. The van der Waals surface area contributed by atoms with Gasteiger partial charge in [0, 0.05) is 30.1 Å². The summed E-state index contributed by atoms with van der Waals surface area (Å²) in [6, 6.07) is 7.55. The second-order valence-electron chi connectivity index (χ2n) is 6.55. The highest BCUT2D eigenvalue weighted by atomic mass is 16.7. The Kier molecular flexibility index (Phi) is 3.52. The van der Waals surface area contributed by atoms with E-state index in [9.17, 15) is 20.1 Å². The average molecular weight is 345 g/mol. The van der Waals surface area contributed by atoms with Crippen molar-refractivity contribution >= 4 is 16.9 Å². The van der Waals surface area contributed by atoms with Gasteiger partial charge in [-0.1, -0.05) is 24.3 Å². The van der Waals surface area contributed by atoms with Crippen LogP contribution in [0.5, 0.6) is 0 Å². The van der Waals surface area contributed by atoms with Gasteiger partial charge in [-0.25, -0.2) is 4.79 Å². The van der Waals surface area contributed by atoms with Crippen LogP contribution in [0.3, 0.4) is 0 Å². The molecule has 2 aromatic rings. The number of aliphatic hydroxyl groups is 3. The summed E-state index contributed by atoms with van der Waals surface area (Å²) in [6.45, 7) is 4.08. The number of carbonyl (C=O) groups is 1. The Morgan fingerprint density at radius 2 is 2.12 bits per heavy atom. The lowest BCUT2D eigenvalue weighted by molar-refractivity contribution is -0.262. The molecule has 132 valence electrons. The number of esters is 1. The third kappa shape index (κ3) is 2.10. The molecular formula is C18H19NO6. The molecule has 1 unspecified atom stereocenters. The summed E-state index contributed by atoms with van der Waals surface area (Å²) in [4.78, 5) is 12.3. The van der Waals surface area contributed by atoms with Crippen LogP contribution in [0.2, 0.25) is 0 Å². The van der Waals surface area contributed by atoms with Crippen LogP contribution >= 0.6 is 0 Å². The Morgan fingerprint density at radius 3 is 2.88 bits per heavy atom. The van der Waals surface area contributed by atoms with Gasteiger partial charge in [-0.15, -0.1) is 6.58 Å². The van der Waals surface area contributed by atoms with Crippen LogP contribution in [0.25, 0.3) is 10.9 Å². The van der Waals surface area contributed by atoms with Crippen LogP contribution in [-0.4, -0.2) is 56.1 Å². The lowest BCUT2D eigenvalue weighted by Crippen LogP contribution is -2.59. The van der Waals surface area contributed by atoms with E-state index in [1.165, 1.54) is 0 Å². The molecule has 0 radical (unpaired) electrons. The lowest BCUT2D eigenvalue weighted by atomic mass is 9.85. The fraction of sp³-hybridized carbons (Fsp3) is 0.389. The van der Waals surface area contributed by atoms with E-state index >= 15 is 0 Å². The number of nitrogens with zero attached hydrogens (tertiary/aromatic N) is 1. The molecule has 7 heteroatoms. The minimum absolute atomic E-state index is 0.198. The highest BCUT2D eigenvalue weighted by Crippen LogP contribution is 2.45. The zero-order valence-electron chi connectivity index (χ0n) is 13.5. The smallest absolute Gasteiger partial charge is 0.344 e. The summed E-state index contributed by atoms with van der Waals surface area (Å²) in [5.41, 5.74) is -0.711. The number of fused-ring (bicyclic) bond motifs is 2. The molecule has 2 fully saturated rings. The van der Waals surface area contributed by atoms with Gasteiger partial charge < -0.3 is 29.4 Å². The molecule has 0 saturated carbocycles. The van der Waals surface area contributed by atoms with Gasteiger partial charge >= 0.3 is 5.97 Å². The van der Waals surface area contributed by atoms with Gasteiger partial charge in [0.05, 0.1) is 6.61 Å². The van der Waals surface area contributed by atoms with Gasteiger partial charge in [0.2, 0.25) is 11.4 Å². The molecule has 2 aliphatic rings. The van der Waals surface area contributed by atoms with Crippen molar-refractivity contribution in [3.8, 4) is 0 Å². The Morgan fingerprint density at radius 1 is 1.36 bits per heavy atom. The molecule has 2 aliphatic heterocycles. The van der Waals surface area contributed by atoms with Crippen molar-refractivity contribution in [3.63, 3.8) is 0 Å². The van der Waals surface area contributed by atoms with Crippen molar-refractivity contribution in [1.29, 1.82) is 0 Å². The normalized spacial score (nSPS) is 34.3. The number of aromatic nitrogens is 1. The molecular weight excluding hydrogens is 326 g/mol. The quantitative estimate of drug-likeness (QED) is 0.537. The molecule has 0 bridgehead atoms. The number of allylic oxidation sites excluding steroid dienone is 1. The third-order valence-electron chi connectivity index (χ3n) is 5.02. The molecule has 0 spiro atoms. The highest BCUT2D eigenvalue weighted by Gasteiger charge is 2.73. The standard InChI is InChI=1S/C18H19NO6/c1-2-7-19-9-11(12-5-3-4-6-13(12)19)8-17(22)16(21)25-15-14(20)10-24-18(15,17)23/h2-6,9,14-15,20,22-23H,1,7-8,10H2/t14-,15?,17+,18-/m0/s1. The van der Waals surface area contributed by atoms with Crippen molar-refractivity contribution in [2.24, 2.45) is 0 Å². The second-order valence-corrected chi connectivity index (χ2v) is 6.55.